The lowest BCUT2D eigenvalue weighted by Gasteiger charge is -2.15. The summed E-state index contributed by atoms with van der Waals surface area (Å²) in [7, 11) is 1.74. The van der Waals surface area contributed by atoms with Crippen LogP contribution in [0.3, 0.4) is 0 Å². The van der Waals surface area contributed by atoms with Crippen LogP contribution in [0.2, 0.25) is 0 Å². The highest BCUT2D eigenvalue weighted by Gasteiger charge is 2.28. The maximum atomic E-state index is 6.05. The molecule has 0 bridgehead atoms. The van der Waals surface area contributed by atoms with Crippen molar-refractivity contribution in [3.8, 4) is 11.5 Å². The molecular formula is C14H19BrO2. The average molecular weight is 299 g/mol. The number of alkyl halides is 1. The zero-order chi connectivity index (χ0) is 12.6. The SMILES string of the molecule is COc1c(C)c(C)c2c(c1C)C[C@@H](CCBr)O2. The maximum Gasteiger partial charge on any atom is 0.126 e. The van der Waals surface area contributed by atoms with Gasteiger partial charge in [-0.25, -0.2) is 0 Å². The van der Waals surface area contributed by atoms with Crippen molar-refractivity contribution in [2.45, 2.75) is 39.7 Å². The Morgan fingerprint density at radius 1 is 1.24 bits per heavy atom. The van der Waals surface area contributed by atoms with Crippen LogP contribution in [0.5, 0.6) is 11.5 Å². The van der Waals surface area contributed by atoms with Crippen LogP contribution >= 0.6 is 15.9 Å². The van der Waals surface area contributed by atoms with E-state index in [1.165, 1.54) is 22.3 Å². The van der Waals surface area contributed by atoms with Crippen LogP contribution < -0.4 is 9.47 Å². The third-order valence-corrected chi connectivity index (χ3v) is 4.12. The molecule has 2 nitrogen and oxygen atoms in total. The van der Waals surface area contributed by atoms with E-state index in [2.05, 4.69) is 36.7 Å². The van der Waals surface area contributed by atoms with Gasteiger partial charge in [0.15, 0.2) is 0 Å². The van der Waals surface area contributed by atoms with Crippen molar-refractivity contribution in [2.24, 2.45) is 0 Å². The lowest BCUT2D eigenvalue weighted by atomic mass is 9.96. The minimum absolute atomic E-state index is 0.313. The molecule has 0 fully saturated rings. The lowest BCUT2D eigenvalue weighted by Crippen LogP contribution is -2.13. The number of fused-ring (bicyclic) bond motifs is 1. The van der Waals surface area contributed by atoms with Crippen molar-refractivity contribution in [2.75, 3.05) is 12.4 Å². The number of methoxy groups -OCH3 is 1. The van der Waals surface area contributed by atoms with Crippen LogP contribution in [0.25, 0.3) is 0 Å². The molecular weight excluding hydrogens is 280 g/mol. The molecule has 0 saturated carbocycles. The van der Waals surface area contributed by atoms with Crippen molar-refractivity contribution in [1.82, 2.24) is 0 Å². The van der Waals surface area contributed by atoms with E-state index in [0.29, 0.717) is 6.10 Å². The molecule has 1 heterocycles. The van der Waals surface area contributed by atoms with Gasteiger partial charge in [-0.05, 0) is 43.9 Å². The molecule has 17 heavy (non-hydrogen) atoms. The highest BCUT2D eigenvalue weighted by molar-refractivity contribution is 9.09. The molecule has 0 aliphatic carbocycles. The first kappa shape index (κ1) is 12.7. The summed E-state index contributed by atoms with van der Waals surface area (Å²) in [6.07, 6.45) is 2.37. The van der Waals surface area contributed by atoms with Crippen LogP contribution in [0.15, 0.2) is 0 Å². The third kappa shape index (κ3) is 2.05. The molecule has 0 aromatic heterocycles. The molecule has 0 amide bonds. The second-order valence-corrected chi connectivity index (χ2v) is 5.43. The van der Waals surface area contributed by atoms with E-state index >= 15 is 0 Å². The van der Waals surface area contributed by atoms with Gasteiger partial charge < -0.3 is 9.47 Å². The summed E-state index contributed by atoms with van der Waals surface area (Å²) >= 11 is 3.48. The summed E-state index contributed by atoms with van der Waals surface area (Å²) < 4.78 is 11.6. The van der Waals surface area contributed by atoms with Crippen molar-refractivity contribution >= 4 is 15.9 Å². The van der Waals surface area contributed by atoms with Gasteiger partial charge in [0.05, 0.1) is 7.11 Å². The van der Waals surface area contributed by atoms with E-state index < -0.39 is 0 Å². The molecule has 0 spiro atoms. The molecule has 1 atom stereocenters. The van der Waals surface area contributed by atoms with E-state index in [1.807, 2.05) is 0 Å². The molecule has 1 aliphatic heterocycles. The van der Waals surface area contributed by atoms with Gasteiger partial charge in [-0.3, -0.25) is 0 Å². The number of benzene rings is 1. The first-order valence-electron chi connectivity index (χ1n) is 5.99. The van der Waals surface area contributed by atoms with E-state index in [9.17, 15) is 0 Å². The Bertz CT molecular complexity index is 441. The summed E-state index contributed by atoms with van der Waals surface area (Å²) in [4.78, 5) is 0. The van der Waals surface area contributed by atoms with E-state index in [4.69, 9.17) is 9.47 Å². The van der Waals surface area contributed by atoms with Crippen LogP contribution in [0.4, 0.5) is 0 Å². The summed E-state index contributed by atoms with van der Waals surface area (Å²) in [6, 6.07) is 0. The van der Waals surface area contributed by atoms with Crippen molar-refractivity contribution in [3.05, 3.63) is 22.3 Å². The third-order valence-electron chi connectivity index (χ3n) is 3.66. The number of ether oxygens (including phenoxy) is 2. The molecule has 3 heteroatoms. The van der Waals surface area contributed by atoms with Gasteiger partial charge in [0.1, 0.15) is 17.6 Å². The number of halogens is 1. The van der Waals surface area contributed by atoms with Crippen molar-refractivity contribution < 1.29 is 9.47 Å². The van der Waals surface area contributed by atoms with Gasteiger partial charge in [-0.1, -0.05) is 15.9 Å². The largest absolute Gasteiger partial charge is 0.496 e. The van der Waals surface area contributed by atoms with Gasteiger partial charge in [-0.2, -0.15) is 0 Å². The fraction of sp³-hybridized carbons (Fsp3) is 0.571. The van der Waals surface area contributed by atoms with E-state index in [-0.39, 0.29) is 0 Å². The maximum absolute atomic E-state index is 6.05. The Hall–Kier alpha value is -0.700. The van der Waals surface area contributed by atoms with Crippen molar-refractivity contribution in [1.29, 1.82) is 0 Å². The fourth-order valence-electron chi connectivity index (χ4n) is 2.59. The predicted octanol–water partition coefficient (Wildman–Crippen LogP) is 3.71. The van der Waals surface area contributed by atoms with Gasteiger partial charge in [0.2, 0.25) is 0 Å². The van der Waals surface area contributed by atoms with Gasteiger partial charge in [0, 0.05) is 17.3 Å². The Balaban J connectivity index is 2.47. The summed E-state index contributed by atoms with van der Waals surface area (Å²) in [5, 5.41) is 0.986. The first-order chi connectivity index (χ1) is 8.10. The average Bonchev–Trinajstić information content (AvgIpc) is 2.72. The van der Waals surface area contributed by atoms with Gasteiger partial charge in [-0.15, -0.1) is 0 Å². The number of rotatable bonds is 3. The molecule has 0 N–H and O–H groups in total. The topological polar surface area (TPSA) is 18.5 Å². The van der Waals surface area contributed by atoms with Crippen LogP contribution in [0, 0.1) is 20.8 Å². The minimum Gasteiger partial charge on any atom is -0.496 e. The summed E-state index contributed by atoms with van der Waals surface area (Å²) in [5.41, 5.74) is 4.99. The fourth-order valence-corrected chi connectivity index (χ4v) is 3.10. The molecule has 0 unspecified atom stereocenters. The smallest absolute Gasteiger partial charge is 0.126 e. The molecule has 2 rings (SSSR count). The Labute approximate surface area is 111 Å². The van der Waals surface area contributed by atoms with Crippen LogP contribution in [-0.4, -0.2) is 18.5 Å². The normalized spacial score (nSPS) is 17.8. The Morgan fingerprint density at radius 2 is 1.94 bits per heavy atom. The molecule has 1 aliphatic rings. The zero-order valence-electron chi connectivity index (χ0n) is 10.9. The minimum atomic E-state index is 0.313. The summed E-state index contributed by atoms with van der Waals surface area (Å²) in [5.74, 6) is 2.11. The van der Waals surface area contributed by atoms with Crippen LogP contribution in [0.1, 0.15) is 28.7 Å². The number of hydrogen-bond acceptors (Lipinski definition) is 2. The van der Waals surface area contributed by atoms with Crippen LogP contribution in [-0.2, 0) is 6.42 Å². The van der Waals surface area contributed by atoms with E-state index in [1.54, 1.807) is 7.11 Å². The molecule has 0 saturated heterocycles. The zero-order valence-corrected chi connectivity index (χ0v) is 12.5. The highest BCUT2D eigenvalue weighted by atomic mass is 79.9. The lowest BCUT2D eigenvalue weighted by molar-refractivity contribution is 0.228. The number of hydrogen-bond donors (Lipinski definition) is 0. The molecule has 1 aromatic rings. The standard InChI is InChI=1S/C14H19BrO2/c1-8-9(2)14-12(10(3)13(8)16-4)7-11(17-14)5-6-15/h11H,5-7H2,1-4H3/t11-/m1/s1. The van der Waals surface area contributed by atoms with Gasteiger partial charge >= 0.3 is 0 Å². The van der Waals surface area contributed by atoms with Gasteiger partial charge in [0.25, 0.3) is 0 Å². The second kappa shape index (κ2) is 4.89. The first-order valence-corrected chi connectivity index (χ1v) is 7.11. The highest BCUT2D eigenvalue weighted by Crippen LogP contribution is 2.42. The van der Waals surface area contributed by atoms with Crippen molar-refractivity contribution in [3.63, 3.8) is 0 Å². The molecule has 94 valence electrons. The summed E-state index contributed by atoms with van der Waals surface area (Å²) in [6.45, 7) is 6.35. The second-order valence-electron chi connectivity index (χ2n) is 4.64. The molecule has 0 radical (unpaired) electrons. The Kier molecular flexibility index (Phi) is 3.67. The predicted molar refractivity (Wildman–Crippen MR) is 73.7 cm³/mol. The van der Waals surface area contributed by atoms with E-state index in [0.717, 1.165) is 29.7 Å². The molecule has 1 aromatic carbocycles. The Morgan fingerprint density at radius 3 is 2.53 bits per heavy atom. The monoisotopic (exact) mass is 298 g/mol. The quantitative estimate of drug-likeness (QED) is 0.792.